The van der Waals surface area contributed by atoms with E-state index < -0.39 is 0 Å². The molecule has 5 heteroatoms. The molecule has 0 heterocycles. The Balaban J connectivity index is 2.96. The van der Waals surface area contributed by atoms with Gasteiger partial charge >= 0.3 is 0 Å². The first-order valence-corrected chi connectivity index (χ1v) is 6.61. The van der Waals surface area contributed by atoms with Gasteiger partial charge in [0.2, 0.25) is 0 Å². The summed E-state index contributed by atoms with van der Waals surface area (Å²) in [6, 6.07) is 5.84. The van der Waals surface area contributed by atoms with Crippen LogP contribution in [0.5, 0.6) is 0 Å². The summed E-state index contributed by atoms with van der Waals surface area (Å²) in [5.41, 5.74) is 7.56. The third kappa shape index (κ3) is 3.94. The predicted molar refractivity (Wildman–Crippen MR) is 79.6 cm³/mol. The van der Waals surface area contributed by atoms with E-state index in [1.54, 1.807) is 6.92 Å². The maximum absolute atomic E-state index is 9.29. The van der Waals surface area contributed by atoms with E-state index in [1.807, 2.05) is 30.1 Å². The molecule has 3 N–H and O–H groups in total. The maximum Gasteiger partial charge on any atom is 0.107 e. The normalized spacial score (nSPS) is 12.2. The summed E-state index contributed by atoms with van der Waals surface area (Å²) in [5, 5.41) is 9.29. The van der Waals surface area contributed by atoms with Gasteiger partial charge in [-0.1, -0.05) is 18.3 Å². The van der Waals surface area contributed by atoms with Gasteiger partial charge in [-0.25, -0.2) is 0 Å². The van der Waals surface area contributed by atoms with Gasteiger partial charge in [0.15, 0.2) is 0 Å². The number of hydrogen-bond acceptors (Lipinski definition) is 3. The molecule has 0 radical (unpaired) electrons. The van der Waals surface area contributed by atoms with Crippen molar-refractivity contribution in [1.29, 1.82) is 0 Å². The van der Waals surface area contributed by atoms with Gasteiger partial charge in [0, 0.05) is 29.3 Å². The van der Waals surface area contributed by atoms with E-state index in [4.69, 9.17) is 18.0 Å². The third-order valence-electron chi connectivity index (χ3n) is 2.53. The first-order valence-electron chi connectivity index (χ1n) is 5.41. The van der Waals surface area contributed by atoms with Gasteiger partial charge in [0.1, 0.15) is 4.99 Å². The lowest BCUT2D eigenvalue weighted by Gasteiger charge is -2.23. The van der Waals surface area contributed by atoms with Crippen molar-refractivity contribution in [2.45, 2.75) is 19.4 Å². The number of benzene rings is 1. The molecular weight excluding hydrogens is 300 g/mol. The first kappa shape index (κ1) is 14.4. The van der Waals surface area contributed by atoms with Crippen molar-refractivity contribution in [1.82, 2.24) is 0 Å². The molecule has 0 bridgehead atoms. The van der Waals surface area contributed by atoms with E-state index in [0.717, 1.165) is 22.3 Å². The number of aliphatic hydroxyl groups is 1. The fourth-order valence-electron chi connectivity index (χ4n) is 1.58. The fourth-order valence-corrected chi connectivity index (χ4v) is 2.49. The Morgan fingerprint density at radius 2 is 2.24 bits per heavy atom. The summed E-state index contributed by atoms with van der Waals surface area (Å²) in [7, 11) is 1.96. The van der Waals surface area contributed by atoms with Gasteiger partial charge < -0.3 is 15.7 Å². The van der Waals surface area contributed by atoms with Crippen LogP contribution in [-0.4, -0.2) is 29.8 Å². The van der Waals surface area contributed by atoms with Crippen LogP contribution in [0, 0.1) is 0 Å². The minimum Gasteiger partial charge on any atom is -0.393 e. The van der Waals surface area contributed by atoms with E-state index in [9.17, 15) is 5.11 Å². The zero-order chi connectivity index (χ0) is 13.0. The summed E-state index contributed by atoms with van der Waals surface area (Å²) in [6.45, 7) is 2.53. The highest BCUT2D eigenvalue weighted by molar-refractivity contribution is 9.10. The van der Waals surface area contributed by atoms with Crippen LogP contribution in [0.15, 0.2) is 22.7 Å². The first-order chi connectivity index (χ1) is 7.93. The Bertz CT molecular complexity index is 409. The van der Waals surface area contributed by atoms with Crippen LogP contribution in [0.3, 0.4) is 0 Å². The Morgan fingerprint density at radius 1 is 1.59 bits per heavy atom. The minimum absolute atomic E-state index is 0.308. The molecule has 94 valence electrons. The summed E-state index contributed by atoms with van der Waals surface area (Å²) in [5.74, 6) is 0. The van der Waals surface area contributed by atoms with E-state index in [1.165, 1.54) is 0 Å². The van der Waals surface area contributed by atoms with Crippen LogP contribution in [-0.2, 0) is 0 Å². The quantitative estimate of drug-likeness (QED) is 0.818. The van der Waals surface area contributed by atoms with E-state index >= 15 is 0 Å². The van der Waals surface area contributed by atoms with Gasteiger partial charge in [-0.2, -0.15) is 0 Å². The number of thiocarbonyl (C=S) groups is 1. The molecule has 1 atom stereocenters. The highest BCUT2D eigenvalue weighted by Crippen LogP contribution is 2.27. The summed E-state index contributed by atoms with van der Waals surface area (Å²) < 4.78 is 0.895. The SMILES string of the molecule is CC(O)CCN(C)c1cccc(Br)c1C(N)=S. The summed E-state index contributed by atoms with van der Waals surface area (Å²) in [6.07, 6.45) is 0.401. The van der Waals surface area contributed by atoms with Crippen molar-refractivity contribution >= 4 is 38.8 Å². The molecule has 0 amide bonds. The lowest BCUT2D eigenvalue weighted by atomic mass is 10.1. The Hall–Kier alpha value is -0.650. The summed E-state index contributed by atoms with van der Waals surface area (Å²) in [4.78, 5) is 2.42. The maximum atomic E-state index is 9.29. The van der Waals surface area contributed by atoms with Crippen molar-refractivity contribution in [3.63, 3.8) is 0 Å². The molecule has 3 nitrogen and oxygen atoms in total. The van der Waals surface area contributed by atoms with E-state index in [0.29, 0.717) is 11.4 Å². The standard InChI is InChI=1S/C12H17BrN2OS/c1-8(16)6-7-15(2)10-5-3-4-9(13)11(10)12(14)17/h3-5,8,16H,6-7H2,1-2H3,(H2,14,17). The van der Waals surface area contributed by atoms with E-state index in [2.05, 4.69) is 15.9 Å². The van der Waals surface area contributed by atoms with Crippen molar-refractivity contribution in [2.75, 3.05) is 18.5 Å². The highest BCUT2D eigenvalue weighted by Gasteiger charge is 2.13. The predicted octanol–water partition coefficient (Wildman–Crippen LogP) is 2.29. The monoisotopic (exact) mass is 316 g/mol. The van der Waals surface area contributed by atoms with Crippen molar-refractivity contribution in [2.24, 2.45) is 5.73 Å². The third-order valence-corrected chi connectivity index (χ3v) is 3.40. The zero-order valence-electron chi connectivity index (χ0n) is 9.98. The minimum atomic E-state index is -0.308. The number of hydrogen-bond donors (Lipinski definition) is 2. The Kier molecular flexibility index (Phi) is 5.36. The average molecular weight is 317 g/mol. The smallest absolute Gasteiger partial charge is 0.107 e. The van der Waals surface area contributed by atoms with Gasteiger partial charge in [0.05, 0.1) is 6.10 Å². The van der Waals surface area contributed by atoms with Gasteiger partial charge in [-0.15, -0.1) is 0 Å². The molecule has 1 rings (SSSR count). The molecule has 0 aliphatic rings. The number of rotatable bonds is 5. The molecule has 0 spiro atoms. The molecule has 0 saturated heterocycles. The molecule has 1 aromatic rings. The number of halogens is 1. The molecule has 0 aliphatic carbocycles. The second-order valence-electron chi connectivity index (χ2n) is 4.06. The van der Waals surface area contributed by atoms with Gasteiger partial charge in [0.25, 0.3) is 0 Å². The second-order valence-corrected chi connectivity index (χ2v) is 5.35. The fraction of sp³-hybridized carbons (Fsp3) is 0.417. The molecule has 17 heavy (non-hydrogen) atoms. The van der Waals surface area contributed by atoms with Gasteiger partial charge in [-0.3, -0.25) is 0 Å². The number of aliphatic hydroxyl groups excluding tert-OH is 1. The molecule has 0 saturated carbocycles. The average Bonchev–Trinajstić information content (AvgIpc) is 2.24. The van der Waals surface area contributed by atoms with Gasteiger partial charge in [-0.05, 0) is 41.4 Å². The van der Waals surface area contributed by atoms with E-state index in [-0.39, 0.29) is 6.10 Å². The molecule has 0 aliphatic heterocycles. The van der Waals surface area contributed by atoms with Crippen molar-refractivity contribution in [3.05, 3.63) is 28.2 Å². The van der Waals surface area contributed by atoms with Crippen LogP contribution in [0.25, 0.3) is 0 Å². The van der Waals surface area contributed by atoms with Crippen LogP contribution in [0.2, 0.25) is 0 Å². The van der Waals surface area contributed by atoms with Crippen molar-refractivity contribution in [3.8, 4) is 0 Å². The molecule has 1 aromatic carbocycles. The Morgan fingerprint density at radius 3 is 2.76 bits per heavy atom. The molecular formula is C12H17BrN2OS. The molecule has 0 aromatic heterocycles. The molecule has 0 fully saturated rings. The lowest BCUT2D eigenvalue weighted by Crippen LogP contribution is -2.25. The number of nitrogens with zero attached hydrogens (tertiary/aromatic N) is 1. The lowest BCUT2D eigenvalue weighted by molar-refractivity contribution is 0.187. The largest absolute Gasteiger partial charge is 0.393 e. The zero-order valence-corrected chi connectivity index (χ0v) is 12.4. The molecule has 1 unspecified atom stereocenters. The second kappa shape index (κ2) is 6.33. The van der Waals surface area contributed by atoms with Crippen LogP contribution < -0.4 is 10.6 Å². The van der Waals surface area contributed by atoms with Crippen LogP contribution in [0.4, 0.5) is 5.69 Å². The number of anilines is 1. The highest BCUT2D eigenvalue weighted by atomic mass is 79.9. The van der Waals surface area contributed by atoms with Crippen LogP contribution in [0.1, 0.15) is 18.9 Å². The van der Waals surface area contributed by atoms with Crippen LogP contribution >= 0.6 is 28.1 Å². The summed E-state index contributed by atoms with van der Waals surface area (Å²) >= 11 is 8.52. The topological polar surface area (TPSA) is 49.5 Å². The van der Waals surface area contributed by atoms with Crippen molar-refractivity contribution < 1.29 is 5.11 Å². The number of nitrogens with two attached hydrogens (primary N) is 1. The Labute approximate surface area is 116 Å².